The van der Waals surface area contributed by atoms with E-state index in [2.05, 4.69) is 4.90 Å². The number of likely N-dealkylation sites (tertiary alicyclic amines) is 1. The number of methoxy groups -OCH3 is 1. The van der Waals surface area contributed by atoms with E-state index in [0.29, 0.717) is 11.3 Å². The SMILES string of the molecule is COc1ccccc1C(=O)C(C)CN1CCCC1. The first-order valence-corrected chi connectivity index (χ1v) is 6.62. The summed E-state index contributed by atoms with van der Waals surface area (Å²) in [5.74, 6) is 0.884. The van der Waals surface area contributed by atoms with E-state index < -0.39 is 0 Å². The molecular weight excluding hydrogens is 226 g/mol. The fourth-order valence-corrected chi connectivity index (χ4v) is 2.55. The molecule has 1 aromatic rings. The summed E-state index contributed by atoms with van der Waals surface area (Å²) >= 11 is 0. The first kappa shape index (κ1) is 13.1. The van der Waals surface area contributed by atoms with Crippen molar-refractivity contribution in [2.24, 2.45) is 5.92 Å². The Hall–Kier alpha value is -1.35. The molecule has 2 rings (SSSR count). The molecule has 98 valence electrons. The number of benzene rings is 1. The first-order valence-electron chi connectivity index (χ1n) is 6.62. The summed E-state index contributed by atoms with van der Waals surface area (Å²) in [5, 5.41) is 0. The molecule has 3 nitrogen and oxygen atoms in total. The highest BCUT2D eigenvalue weighted by Crippen LogP contribution is 2.22. The number of ether oxygens (including phenoxy) is 1. The summed E-state index contributed by atoms with van der Waals surface area (Å²) in [6, 6.07) is 7.47. The molecule has 0 bridgehead atoms. The van der Waals surface area contributed by atoms with Gasteiger partial charge in [-0.3, -0.25) is 4.79 Å². The molecule has 1 aromatic carbocycles. The van der Waals surface area contributed by atoms with Crippen LogP contribution in [0.5, 0.6) is 5.75 Å². The van der Waals surface area contributed by atoms with Gasteiger partial charge in [0.15, 0.2) is 5.78 Å². The second-order valence-corrected chi connectivity index (χ2v) is 4.97. The van der Waals surface area contributed by atoms with Crippen LogP contribution in [0.2, 0.25) is 0 Å². The van der Waals surface area contributed by atoms with Gasteiger partial charge in [0.05, 0.1) is 12.7 Å². The van der Waals surface area contributed by atoms with Gasteiger partial charge in [0.1, 0.15) is 5.75 Å². The molecule has 1 fully saturated rings. The van der Waals surface area contributed by atoms with Gasteiger partial charge in [-0.25, -0.2) is 0 Å². The van der Waals surface area contributed by atoms with Gasteiger partial charge in [0, 0.05) is 12.5 Å². The van der Waals surface area contributed by atoms with Gasteiger partial charge in [-0.15, -0.1) is 0 Å². The normalized spacial score (nSPS) is 17.7. The summed E-state index contributed by atoms with van der Waals surface area (Å²) in [5.41, 5.74) is 0.701. The van der Waals surface area contributed by atoms with Gasteiger partial charge in [-0.2, -0.15) is 0 Å². The minimum atomic E-state index is 0.0272. The van der Waals surface area contributed by atoms with Crippen molar-refractivity contribution >= 4 is 5.78 Å². The molecule has 0 amide bonds. The van der Waals surface area contributed by atoms with Crippen LogP contribution >= 0.6 is 0 Å². The average Bonchev–Trinajstić information content (AvgIpc) is 2.90. The molecule has 1 aliphatic heterocycles. The topological polar surface area (TPSA) is 29.5 Å². The molecule has 3 heteroatoms. The number of carbonyl (C=O) groups excluding carboxylic acids is 1. The van der Waals surface area contributed by atoms with E-state index in [9.17, 15) is 4.79 Å². The maximum atomic E-state index is 12.4. The molecule has 18 heavy (non-hydrogen) atoms. The smallest absolute Gasteiger partial charge is 0.170 e. The Morgan fingerprint density at radius 2 is 2.00 bits per heavy atom. The van der Waals surface area contributed by atoms with E-state index >= 15 is 0 Å². The highest BCUT2D eigenvalue weighted by atomic mass is 16.5. The van der Waals surface area contributed by atoms with Gasteiger partial charge in [-0.1, -0.05) is 19.1 Å². The maximum Gasteiger partial charge on any atom is 0.170 e. The molecule has 0 aliphatic carbocycles. The Morgan fingerprint density at radius 3 is 2.67 bits per heavy atom. The largest absolute Gasteiger partial charge is 0.496 e. The van der Waals surface area contributed by atoms with E-state index in [1.54, 1.807) is 7.11 Å². The van der Waals surface area contributed by atoms with Crippen molar-refractivity contribution in [3.05, 3.63) is 29.8 Å². The number of rotatable bonds is 5. The van der Waals surface area contributed by atoms with E-state index in [1.165, 1.54) is 12.8 Å². The van der Waals surface area contributed by atoms with Crippen LogP contribution in [0.3, 0.4) is 0 Å². The second kappa shape index (κ2) is 6.01. The Balaban J connectivity index is 2.05. The second-order valence-electron chi connectivity index (χ2n) is 4.97. The van der Waals surface area contributed by atoms with Crippen LogP contribution in [0.4, 0.5) is 0 Å². The molecule has 0 spiro atoms. The molecule has 0 radical (unpaired) electrons. The molecule has 1 saturated heterocycles. The lowest BCUT2D eigenvalue weighted by molar-refractivity contribution is 0.0900. The van der Waals surface area contributed by atoms with E-state index in [0.717, 1.165) is 19.6 Å². The number of Topliss-reactive ketones (excluding diaryl/α,β-unsaturated/α-hetero) is 1. The Morgan fingerprint density at radius 1 is 1.33 bits per heavy atom. The molecule has 0 saturated carbocycles. The monoisotopic (exact) mass is 247 g/mol. The number of para-hydroxylation sites is 1. The van der Waals surface area contributed by atoms with E-state index in [-0.39, 0.29) is 11.7 Å². The lowest BCUT2D eigenvalue weighted by Gasteiger charge is -2.20. The average molecular weight is 247 g/mol. The quantitative estimate of drug-likeness (QED) is 0.749. The maximum absolute atomic E-state index is 12.4. The molecule has 1 unspecified atom stereocenters. The standard InChI is InChI=1S/C15H21NO2/c1-12(11-16-9-5-6-10-16)15(17)13-7-3-4-8-14(13)18-2/h3-4,7-8,12H,5-6,9-11H2,1-2H3. The zero-order valence-corrected chi connectivity index (χ0v) is 11.2. The molecule has 0 aromatic heterocycles. The van der Waals surface area contributed by atoms with Gasteiger partial charge in [0.2, 0.25) is 0 Å². The molecular formula is C15H21NO2. The van der Waals surface area contributed by atoms with Crippen molar-refractivity contribution in [2.45, 2.75) is 19.8 Å². The zero-order valence-electron chi connectivity index (χ0n) is 11.2. The molecule has 1 aliphatic rings. The van der Waals surface area contributed by atoms with Crippen molar-refractivity contribution in [2.75, 3.05) is 26.7 Å². The summed E-state index contributed by atoms with van der Waals surface area (Å²) in [4.78, 5) is 14.8. The fraction of sp³-hybridized carbons (Fsp3) is 0.533. The minimum absolute atomic E-state index is 0.0272. The Labute approximate surface area is 109 Å². The third kappa shape index (κ3) is 2.91. The van der Waals surface area contributed by atoms with E-state index in [4.69, 9.17) is 4.74 Å². The number of nitrogens with zero attached hydrogens (tertiary/aromatic N) is 1. The van der Waals surface area contributed by atoms with Gasteiger partial charge >= 0.3 is 0 Å². The van der Waals surface area contributed by atoms with Gasteiger partial charge in [-0.05, 0) is 38.1 Å². The van der Waals surface area contributed by atoms with Crippen LogP contribution in [0, 0.1) is 5.92 Å². The fourth-order valence-electron chi connectivity index (χ4n) is 2.55. The summed E-state index contributed by atoms with van der Waals surface area (Å²) < 4.78 is 5.25. The predicted octanol–water partition coefficient (Wildman–Crippen LogP) is 2.61. The molecule has 0 N–H and O–H groups in total. The Bertz CT molecular complexity index is 411. The van der Waals surface area contributed by atoms with Gasteiger partial charge in [0.25, 0.3) is 0 Å². The summed E-state index contributed by atoms with van der Waals surface area (Å²) in [7, 11) is 1.61. The predicted molar refractivity (Wildman–Crippen MR) is 72.2 cm³/mol. The van der Waals surface area contributed by atoms with E-state index in [1.807, 2.05) is 31.2 Å². The summed E-state index contributed by atoms with van der Waals surface area (Å²) in [6.45, 7) is 5.12. The zero-order chi connectivity index (χ0) is 13.0. The minimum Gasteiger partial charge on any atom is -0.496 e. The van der Waals surface area contributed by atoms with Crippen molar-refractivity contribution < 1.29 is 9.53 Å². The first-order chi connectivity index (χ1) is 8.72. The number of carbonyl (C=O) groups is 1. The number of ketones is 1. The lowest BCUT2D eigenvalue weighted by Crippen LogP contribution is -2.29. The third-order valence-electron chi connectivity index (χ3n) is 3.55. The summed E-state index contributed by atoms with van der Waals surface area (Å²) in [6.07, 6.45) is 2.52. The lowest BCUT2D eigenvalue weighted by atomic mass is 9.98. The highest BCUT2D eigenvalue weighted by Gasteiger charge is 2.22. The van der Waals surface area contributed by atoms with Crippen LogP contribution in [-0.2, 0) is 0 Å². The number of hydrogen-bond donors (Lipinski definition) is 0. The van der Waals surface area contributed by atoms with Crippen molar-refractivity contribution in [1.82, 2.24) is 4.90 Å². The van der Waals surface area contributed by atoms with Crippen molar-refractivity contribution in [3.63, 3.8) is 0 Å². The van der Waals surface area contributed by atoms with Crippen LogP contribution in [0.15, 0.2) is 24.3 Å². The van der Waals surface area contributed by atoms with Crippen LogP contribution in [-0.4, -0.2) is 37.4 Å². The van der Waals surface area contributed by atoms with Crippen LogP contribution in [0.1, 0.15) is 30.1 Å². The van der Waals surface area contributed by atoms with Gasteiger partial charge < -0.3 is 9.64 Å². The third-order valence-corrected chi connectivity index (χ3v) is 3.55. The highest BCUT2D eigenvalue weighted by molar-refractivity contribution is 6.00. The number of hydrogen-bond acceptors (Lipinski definition) is 3. The van der Waals surface area contributed by atoms with Crippen LogP contribution in [0.25, 0.3) is 0 Å². The van der Waals surface area contributed by atoms with Crippen LogP contribution < -0.4 is 4.74 Å². The van der Waals surface area contributed by atoms with Crippen molar-refractivity contribution in [3.8, 4) is 5.75 Å². The van der Waals surface area contributed by atoms with Crippen molar-refractivity contribution in [1.29, 1.82) is 0 Å². The molecule has 1 heterocycles. The Kier molecular flexibility index (Phi) is 4.37. The molecule has 1 atom stereocenters.